The molecule has 0 saturated carbocycles. The second-order valence-corrected chi connectivity index (χ2v) is 5.00. The topological polar surface area (TPSA) is 74.0 Å². The summed E-state index contributed by atoms with van der Waals surface area (Å²) in [6.07, 6.45) is 3.51. The average molecular weight is 291 g/mol. The number of amides is 1. The maximum Gasteiger partial charge on any atom is 0.253 e. The van der Waals surface area contributed by atoms with Crippen molar-refractivity contribution in [2.24, 2.45) is 7.05 Å². The summed E-state index contributed by atoms with van der Waals surface area (Å²) >= 11 is 0. The van der Waals surface area contributed by atoms with Gasteiger partial charge in [-0.25, -0.2) is 0 Å². The third-order valence-corrected chi connectivity index (χ3v) is 3.54. The van der Waals surface area contributed by atoms with Gasteiger partial charge in [0, 0.05) is 32.6 Å². The predicted molar refractivity (Wildman–Crippen MR) is 77.9 cm³/mol. The summed E-state index contributed by atoms with van der Waals surface area (Å²) in [5.41, 5.74) is 1.60. The van der Waals surface area contributed by atoms with Gasteiger partial charge in [-0.15, -0.1) is 10.2 Å². The van der Waals surface area contributed by atoms with Crippen LogP contribution in [0.5, 0.6) is 0 Å². The highest BCUT2D eigenvalue weighted by atomic mass is 16.5. The Labute approximate surface area is 123 Å². The number of methoxy groups -OCH3 is 1. The van der Waals surface area contributed by atoms with Gasteiger partial charge < -0.3 is 19.2 Å². The first-order chi connectivity index (χ1) is 10.0. The molecule has 2 aromatic rings. The zero-order valence-corrected chi connectivity index (χ0v) is 12.8. The first kappa shape index (κ1) is 15.2. The van der Waals surface area contributed by atoms with Crippen molar-refractivity contribution in [1.29, 1.82) is 0 Å². The third kappa shape index (κ3) is 3.30. The van der Waals surface area contributed by atoms with Crippen LogP contribution in [0.1, 0.15) is 34.8 Å². The molecule has 7 heteroatoms. The molecule has 1 amide bonds. The average Bonchev–Trinajstić information content (AvgIpc) is 3.04. The zero-order valence-electron chi connectivity index (χ0n) is 12.8. The van der Waals surface area contributed by atoms with E-state index in [0.717, 1.165) is 5.69 Å². The largest absolute Gasteiger partial charge is 0.383 e. The van der Waals surface area contributed by atoms with Crippen LogP contribution in [0.4, 0.5) is 0 Å². The molecule has 21 heavy (non-hydrogen) atoms. The number of ether oxygens (including phenoxy) is 1. The summed E-state index contributed by atoms with van der Waals surface area (Å²) in [5, 5.41) is 10.9. The Morgan fingerprint density at radius 2 is 2.29 bits per heavy atom. The van der Waals surface area contributed by atoms with Gasteiger partial charge in [0.1, 0.15) is 6.33 Å². The van der Waals surface area contributed by atoms with Gasteiger partial charge in [0.25, 0.3) is 5.91 Å². The minimum atomic E-state index is -0.225. The van der Waals surface area contributed by atoms with Crippen molar-refractivity contribution >= 4 is 5.91 Å². The Kier molecular flexibility index (Phi) is 4.74. The van der Waals surface area contributed by atoms with Crippen LogP contribution < -0.4 is 5.32 Å². The summed E-state index contributed by atoms with van der Waals surface area (Å²) in [4.78, 5) is 12.3. The molecule has 0 bridgehead atoms. The SMILES string of the molecule is COCCn1cnnc1[C@H](C)NC(=O)c1ccn(C)c1C. The number of aromatic nitrogens is 4. The van der Waals surface area contributed by atoms with Gasteiger partial charge in [-0.05, 0) is 19.9 Å². The molecule has 2 rings (SSSR count). The van der Waals surface area contributed by atoms with Gasteiger partial charge in [-0.3, -0.25) is 4.79 Å². The molecular formula is C14H21N5O2. The highest BCUT2D eigenvalue weighted by Gasteiger charge is 2.18. The first-order valence-corrected chi connectivity index (χ1v) is 6.84. The van der Waals surface area contributed by atoms with Gasteiger partial charge >= 0.3 is 0 Å². The zero-order chi connectivity index (χ0) is 15.4. The molecule has 0 fully saturated rings. The quantitative estimate of drug-likeness (QED) is 0.863. The Morgan fingerprint density at radius 1 is 1.52 bits per heavy atom. The molecule has 0 aromatic carbocycles. The van der Waals surface area contributed by atoms with Crippen molar-refractivity contribution in [2.45, 2.75) is 26.4 Å². The Hall–Kier alpha value is -2.15. The lowest BCUT2D eigenvalue weighted by Gasteiger charge is -2.14. The van der Waals surface area contributed by atoms with Gasteiger partial charge in [-0.2, -0.15) is 0 Å². The van der Waals surface area contributed by atoms with Crippen LogP contribution in [0.25, 0.3) is 0 Å². The Morgan fingerprint density at radius 3 is 2.90 bits per heavy atom. The van der Waals surface area contributed by atoms with Crippen molar-refractivity contribution < 1.29 is 9.53 Å². The maximum absolute atomic E-state index is 12.3. The minimum absolute atomic E-state index is 0.109. The van der Waals surface area contributed by atoms with E-state index in [9.17, 15) is 4.79 Å². The molecule has 0 aliphatic heterocycles. The smallest absolute Gasteiger partial charge is 0.253 e. The predicted octanol–water partition coefficient (Wildman–Crippen LogP) is 1.06. The molecule has 2 heterocycles. The van der Waals surface area contributed by atoms with Crippen molar-refractivity contribution in [3.63, 3.8) is 0 Å². The second kappa shape index (κ2) is 6.53. The van der Waals surface area contributed by atoms with E-state index in [0.29, 0.717) is 24.5 Å². The maximum atomic E-state index is 12.3. The number of nitrogens with one attached hydrogen (secondary N) is 1. The molecule has 0 spiro atoms. The van der Waals surface area contributed by atoms with Crippen molar-refractivity contribution in [3.8, 4) is 0 Å². The fourth-order valence-corrected chi connectivity index (χ4v) is 2.15. The Bertz CT molecular complexity index is 617. The Balaban J connectivity index is 2.07. The van der Waals surface area contributed by atoms with E-state index in [4.69, 9.17) is 4.74 Å². The van der Waals surface area contributed by atoms with Gasteiger partial charge in [-0.1, -0.05) is 0 Å². The fraction of sp³-hybridized carbons (Fsp3) is 0.500. The number of rotatable bonds is 6. The normalized spacial score (nSPS) is 12.4. The van der Waals surface area contributed by atoms with E-state index in [2.05, 4.69) is 15.5 Å². The van der Waals surface area contributed by atoms with E-state index in [1.807, 2.05) is 42.3 Å². The molecule has 0 radical (unpaired) electrons. The van der Waals surface area contributed by atoms with E-state index in [1.165, 1.54) is 0 Å². The molecule has 2 aromatic heterocycles. The van der Waals surface area contributed by atoms with E-state index in [1.54, 1.807) is 13.4 Å². The minimum Gasteiger partial charge on any atom is -0.383 e. The summed E-state index contributed by atoms with van der Waals surface area (Å²) < 4.78 is 8.85. The summed E-state index contributed by atoms with van der Waals surface area (Å²) in [6.45, 7) is 5.04. The van der Waals surface area contributed by atoms with E-state index >= 15 is 0 Å². The molecule has 7 nitrogen and oxygen atoms in total. The number of carbonyl (C=O) groups excluding carboxylic acids is 1. The molecule has 1 N–H and O–H groups in total. The standard InChI is InChI=1S/C14H21N5O2/c1-10(13-17-15-9-19(13)7-8-21-4)16-14(20)12-5-6-18(3)11(12)2/h5-6,9-10H,7-8H2,1-4H3,(H,16,20)/t10-/m0/s1. The van der Waals surface area contributed by atoms with Gasteiger partial charge in [0.05, 0.1) is 18.2 Å². The van der Waals surface area contributed by atoms with Crippen LogP contribution in [-0.2, 0) is 18.3 Å². The lowest BCUT2D eigenvalue weighted by Crippen LogP contribution is -2.29. The highest BCUT2D eigenvalue weighted by molar-refractivity contribution is 5.95. The number of aryl methyl sites for hydroxylation is 1. The number of hydrogen-bond donors (Lipinski definition) is 1. The van der Waals surface area contributed by atoms with Crippen LogP contribution in [0.3, 0.4) is 0 Å². The van der Waals surface area contributed by atoms with Crippen LogP contribution in [0.15, 0.2) is 18.6 Å². The van der Waals surface area contributed by atoms with Crippen LogP contribution in [0, 0.1) is 6.92 Å². The monoisotopic (exact) mass is 291 g/mol. The van der Waals surface area contributed by atoms with Crippen molar-refractivity contribution in [3.05, 3.63) is 35.7 Å². The van der Waals surface area contributed by atoms with Gasteiger partial charge in [0.2, 0.25) is 0 Å². The summed E-state index contributed by atoms with van der Waals surface area (Å²) in [6, 6.07) is 1.59. The lowest BCUT2D eigenvalue weighted by atomic mass is 10.2. The molecule has 0 saturated heterocycles. The van der Waals surface area contributed by atoms with Crippen molar-refractivity contribution in [2.75, 3.05) is 13.7 Å². The highest BCUT2D eigenvalue weighted by Crippen LogP contribution is 2.13. The molecule has 0 unspecified atom stereocenters. The molecule has 0 aliphatic rings. The van der Waals surface area contributed by atoms with E-state index in [-0.39, 0.29) is 11.9 Å². The summed E-state index contributed by atoms with van der Waals surface area (Å²) in [7, 11) is 3.56. The summed E-state index contributed by atoms with van der Waals surface area (Å²) in [5.74, 6) is 0.607. The molecular weight excluding hydrogens is 270 g/mol. The third-order valence-electron chi connectivity index (χ3n) is 3.54. The lowest BCUT2D eigenvalue weighted by molar-refractivity contribution is 0.0936. The van der Waals surface area contributed by atoms with Crippen LogP contribution in [-0.4, -0.2) is 39.0 Å². The second-order valence-electron chi connectivity index (χ2n) is 5.00. The van der Waals surface area contributed by atoms with Crippen molar-refractivity contribution in [1.82, 2.24) is 24.6 Å². The van der Waals surface area contributed by atoms with Crippen LogP contribution in [0.2, 0.25) is 0 Å². The number of carbonyl (C=O) groups is 1. The molecule has 114 valence electrons. The van der Waals surface area contributed by atoms with Gasteiger partial charge in [0.15, 0.2) is 5.82 Å². The fourth-order valence-electron chi connectivity index (χ4n) is 2.15. The first-order valence-electron chi connectivity index (χ1n) is 6.84. The number of hydrogen-bond acceptors (Lipinski definition) is 4. The molecule has 1 atom stereocenters. The molecule has 0 aliphatic carbocycles. The number of nitrogens with zero attached hydrogens (tertiary/aromatic N) is 4. The van der Waals surface area contributed by atoms with Crippen LogP contribution >= 0.6 is 0 Å². The van der Waals surface area contributed by atoms with E-state index < -0.39 is 0 Å².